The van der Waals surface area contributed by atoms with Gasteiger partial charge in [-0.05, 0) is 6.26 Å². The van der Waals surface area contributed by atoms with Crippen LogP contribution in [0.1, 0.15) is 0 Å². The summed E-state index contributed by atoms with van der Waals surface area (Å²) in [6, 6.07) is 0. The van der Waals surface area contributed by atoms with E-state index in [2.05, 4.69) is 6.58 Å². The van der Waals surface area contributed by atoms with Crippen molar-refractivity contribution in [1.29, 1.82) is 0 Å². The molecule has 7 heavy (non-hydrogen) atoms. The molecule has 0 nitrogen and oxygen atoms in total. The summed E-state index contributed by atoms with van der Waals surface area (Å²) in [5.41, 5.74) is 0. The third kappa shape index (κ3) is 4.23. The highest BCUT2D eigenvalue weighted by Gasteiger charge is 1.92. The van der Waals surface area contributed by atoms with E-state index < -0.39 is 0 Å². The highest BCUT2D eigenvalue weighted by atomic mass is 35.5. The van der Waals surface area contributed by atoms with E-state index in [0.717, 1.165) is 5.75 Å². The lowest BCUT2D eigenvalue weighted by molar-refractivity contribution is 1.26. The van der Waals surface area contributed by atoms with Crippen molar-refractivity contribution >= 4 is 23.4 Å². The molecule has 0 aromatic rings. The van der Waals surface area contributed by atoms with Gasteiger partial charge in [-0.15, -0.1) is 18.2 Å². The van der Waals surface area contributed by atoms with E-state index in [1.165, 1.54) is 0 Å². The van der Waals surface area contributed by atoms with Crippen LogP contribution in [0.15, 0.2) is 12.7 Å². The zero-order valence-corrected chi connectivity index (χ0v) is 5.93. The first-order chi connectivity index (χ1) is 3.31. The monoisotopic (exact) mass is 136 g/mol. The smallest absolute Gasteiger partial charge is 0.0603 e. The van der Waals surface area contributed by atoms with E-state index in [-0.39, 0.29) is 5.38 Å². The van der Waals surface area contributed by atoms with Gasteiger partial charge in [0, 0.05) is 5.75 Å². The van der Waals surface area contributed by atoms with Gasteiger partial charge in [-0.3, -0.25) is 0 Å². The number of alkyl halides is 1. The van der Waals surface area contributed by atoms with Gasteiger partial charge in [0.1, 0.15) is 0 Å². The number of thioether (sulfide) groups is 1. The fraction of sp³-hybridized carbons (Fsp3) is 0.600. The van der Waals surface area contributed by atoms with Crippen LogP contribution in [-0.2, 0) is 0 Å². The van der Waals surface area contributed by atoms with Crippen molar-refractivity contribution in [1.82, 2.24) is 0 Å². The second kappa shape index (κ2) is 4.54. The Morgan fingerprint density at radius 3 is 2.71 bits per heavy atom. The second-order valence-corrected chi connectivity index (χ2v) is 2.68. The molecule has 0 saturated heterocycles. The number of halogens is 1. The molecule has 2 heteroatoms. The third-order valence-electron chi connectivity index (χ3n) is 0.582. The van der Waals surface area contributed by atoms with Gasteiger partial charge in [-0.2, -0.15) is 11.8 Å². The van der Waals surface area contributed by atoms with E-state index in [0.29, 0.717) is 0 Å². The molecule has 0 aromatic heterocycles. The van der Waals surface area contributed by atoms with Crippen LogP contribution in [0.5, 0.6) is 0 Å². The lowest BCUT2D eigenvalue weighted by atomic mass is 10.5. The van der Waals surface area contributed by atoms with Crippen molar-refractivity contribution in [3.8, 4) is 0 Å². The van der Waals surface area contributed by atoms with Gasteiger partial charge < -0.3 is 0 Å². The highest BCUT2D eigenvalue weighted by Crippen LogP contribution is 2.03. The minimum atomic E-state index is 0.148. The Bertz CT molecular complexity index is 54.0. The van der Waals surface area contributed by atoms with Gasteiger partial charge in [-0.1, -0.05) is 6.08 Å². The van der Waals surface area contributed by atoms with Crippen molar-refractivity contribution in [2.75, 3.05) is 12.0 Å². The molecule has 0 rings (SSSR count). The third-order valence-corrected chi connectivity index (χ3v) is 1.79. The van der Waals surface area contributed by atoms with Crippen molar-refractivity contribution in [3.05, 3.63) is 12.7 Å². The summed E-state index contributed by atoms with van der Waals surface area (Å²) < 4.78 is 0. The molecular weight excluding hydrogens is 128 g/mol. The molecule has 0 aliphatic rings. The molecule has 0 amide bonds. The zero-order valence-electron chi connectivity index (χ0n) is 4.36. The van der Waals surface area contributed by atoms with Crippen LogP contribution in [-0.4, -0.2) is 17.4 Å². The Balaban J connectivity index is 2.98. The first-order valence-electron chi connectivity index (χ1n) is 2.06. The molecule has 0 aliphatic carbocycles. The minimum Gasteiger partial charge on any atom is -0.164 e. The average Bonchev–Trinajstić information content (AvgIpc) is 1.68. The Labute approximate surface area is 53.9 Å². The quantitative estimate of drug-likeness (QED) is 0.423. The number of hydrogen-bond donors (Lipinski definition) is 0. The molecule has 0 fully saturated rings. The molecule has 0 bridgehead atoms. The maximum atomic E-state index is 5.63. The molecule has 0 saturated carbocycles. The van der Waals surface area contributed by atoms with E-state index in [1.54, 1.807) is 17.8 Å². The average molecular weight is 137 g/mol. The normalized spacial score (nSPS) is 13.4. The van der Waals surface area contributed by atoms with Crippen molar-refractivity contribution in [2.45, 2.75) is 5.38 Å². The number of rotatable bonds is 3. The van der Waals surface area contributed by atoms with Gasteiger partial charge in [0.15, 0.2) is 0 Å². The van der Waals surface area contributed by atoms with Gasteiger partial charge in [0.05, 0.1) is 5.38 Å². The van der Waals surface area contributed by atoms with Gasteiger partial charge in [-0.25, -0.2) is 0 Å². The SMILES string of the molecule is C=CC(Cl)CSC. The lowest BCUT2D eigenvalue weighted by Crippen LogP contribution is -1.94. The molecule has 0 radical (unpaired) electrons. The van der Waals surface area contributed by atoms with E-state index in [1.807, 2.05) is 6.26 Å². The first-order valence-corrected chi connectivity index (χ1v) is 3.90. The summed E-state index contributed by atoms with van der Waals surface area (Å²) in [6.07, 6.45) is 3.77. The summed E-state index contributed by atoms with van der Waals surface area (Å²) in [7, 11) is 0. The maximum absolute atomic E-state index is 5.63. The van der Waals surface area contributed by atoms with Crippen LogP contribution >= 0.6 is 23.4 Å². The van der Waals surface area contributed by atoms with Gasteiger partial charge in [0.2, 0.25) is 0 Å². The van der Waals surface area contributed by atoms with Crippen molar-refractivity contribution < 1.29 is 0 Å². The van der Waals surface area contributed by atoms with Crippen LogP contribution in [0.4, 0.5) is 0 Å². The molecule has 42 valence electrons. The van der Waals surface area contributed by atoms with Gasteiger partial charge in [0.25, 0.3) is 0 Å². The zero-order chi connectivity index (χ0) is 5.70. The summed E-state index contributed by atoms with van der Waals surface area (Å²) in [4.78, 5) is 0. The largest absolute Gasteiger partial charge is 0.164 e. The number of allylic oxidation sites excluding steroid dienone is 1. The van der Waals surface area contributed by atoms with Crippen LogP contribution in [0.3, 0.4) is 0 Å². The van der Waals surface area contributed by atoms with Crippen molar-refractivity contribution in [3.63, 3.8) is 0 Å². The van der Waals surface area contributed by atoms with E-state index in [4.69, 9.17) is 11.6 Å². The molecule has 0 N–H and O–H groups in total. The van der Waals surface area contributed by atoms with Crippen LogP contribution < -0.4 is 0 Å². The molecule has 1 atom stereocenters. The lowest BCUT2D eigenvalue weighted by Gasteiger charge is -1.95. The molecule has 0 aromatic carbocycles. The fourth-order valence-corrected chi connectivity index (χ4v) is 1.06. The summed E-state index contributed by atoms with van der Waals surface area (Å²) >= 11 is 7.36. The molecule has 0 heterocycles. The fourth-order valence-electron chi connectivity index (χ4n) is 0.227. The Morgan fingerprint density at radius 2 is 2.57 bits per heavy atom. The van der Waals surface area contributed by atoms with Crippen molar-refractivity contribution in [2.24, 2.45) is 0 Å². The van der Waals surface area contributed by atoms with Crippen LogP contribution in [0, 0.1) is 0 Å². The topological polar surface area (TPSA) is 0 Å². The Kier molecular flexibility index (Phi) is 4.78. The summed E-state index contributed by atoms with van der Waals surface area (Å²) in [5.74, 6) is 0.963. The highest BCUT2D eigenvalue weighted by molar-refractivity contribution is 7.98. The minimum absolute atomic E-state index is 0.148. The van der Waals surface area contributed by atoms with Gasteiger partial charge >= 0.3 is 0 Å². The Hall–Kier alpha value is 0.380. The number of hydrogen-bond acceptors (Lipinski definition) is 1. The summed E-state index contributed by atoms with van der Waals surface area (Å²) in [5, 5.41) is 0.148. The molecule has 0 aliphatic heterocycles. The van der Waals surface area contributed by atoms with Crippen LogP contribution in [0.25, 0.3) is 0 Å². The van der Waals surface area contributed by atoms with E-state index >= 15 is 0 Å². The summed E-state index contributed by atoms with van der Waals surface area (Å²) in [6.45, 7) is 3.53. The van der Waals surface area contributed by atoms with E-state index in [9.17, 15) is 0 Å². The first kappa shape index (κ1) is 7.38. The predicted molar refractivity (Wildman–Crippen MR) is 38.2 cm³/mol. The predicted octanol–water partition coefficient (Wildman–Crippen LogP) is 2.14. The molecule has 1 unspecified atom stereocenters. The van der Waals surface area contributed by atoms with Crippen LogP contribution in [0.2, 0.25) is 0 Å². The molecule has 0 spiro atoms. The maximum Gasteiger partial charge on any atom is 0.0603 e. The second-order valence-electron chi connectivity index (χ2n) is 1.21. The standard InChI is InChI=1S/C5H9ClS/c1-3-5(6)4-7-2/h3,5H,1,4H2,2H3. The Morgan fingerprint density at radius 1 is 2.00 bits per heavy atom. The molecular formula is C5H9ClS.